The zero-order valence-corrected chi connectivity index (χ0v) is 12.5. The van der Waals surface area contributed by atoms with E-state index in [1.807, 2.05) is 23.8 Å². The second kappa shape index (κ2) is 6.85. The number of ether oxygens (including phenoxy) is 2. The standard InChI is InChI=1S/C14H26N2O4/c1-12-9-16(5-8-20-12)13(17)10-15(2)11-14(18)3-6-19-7-4-14/h12,18H,3-11H2,1-2H3. The van der Waals surface area contributed by atoms with Crippen LogP contribution in [0, 0.1) is 0 Å². The Balaban J connectivity index is 1.78. The third-order valence-corrected chi connectivity index (χ3v) is 3.99. The van der Waals surface area contributed by atoms with Crippen LogP contribution in [0.5, 0.6) is 0 Å². The Bertz CT molecular complexity index is 331. The summed E-state index contributed by atoms with van der Waals surface area (Å²) in [5.41, 5.74) is -0.717. The van der Waals surface area contributed by atoms with E-state index in [1.165, 1.54) is 0 Å². The molecule has 6 heteroatoms. The molecule has 2 fully saturated rings. The van der Waals surface area contributed by atoms with Gasteiger partial charge in [0.15, 0.2) is 0 Å². The molecule has 2 aliphatic rings. The van der Waals surface area contributed by atoms with Gasteiger partial charge < -0.3 is 19.5 Å². The fourth-order valence-corrected chi connectivity index (χ4v) is 2.84. The maximum atomic E-state index is 12.2. The summed E-state index contributed by atoms with van der Waals surface area (Å²) in [5, 5.41) is 10.4. The van der Waals surface area contributed by atoms with Crippen LogP contribution in [0.1, 0.15) is 19.8 Å². The van der Waals surface area contributed by atoms with Gasteiger partial charge in [0, 0.05) is 45.7 Å². The summed E-state index contributed by atoms with van der Waals surface area (Å²) in [4.78, 5) is 16.0. The van der Waals surface area contributed by atoms with Gasteiger partial charge in [-0.15, -0.1) is 0 Å². The Morgan fingerprint density at radius 3 is 2.75 bits per heavy atom. The predicted molar refractivity (Wildman–Crippen MR) is 74.5 cm³/mol. The maximum absolute atomic E-state index is 12.2. The number of carbonyl (C=O) groups excluding carboxylic acids is 1. The monoisotopic (exact) mass is 286 g/mol. The number of hydrogen-bond acceptors (Lipinski definition) is 5. The fraction of sp³-hybridized carbons (Fsp3) is 0.929. The maximum Gasteiger partial charge on any atom is 0.236 e. The number of rotatable bonds is 4. The first-order valence-electron chi connectivity index (χ1n) is 7.37. The van der Waals surface area contributed by atoms with E-state index in [1.54, 1.807) is 0 Å². The Morgan fingerprint density at radius 1 is 1.40 bits per heavy atom. The Labute approximate surface area is 120 Å². The number of morpholine rings is 1. The lowest BCUT2D eigenvalue weighted by molar-refractivity contribution is -0.140. The summed E-state index contributed by atoms with van der Waals surface area (Å²) in [6.07, 6.45) is 1.39. The summed E-state index contributed by atoms with van der Waals surface area (Å²) in [7, 11) is 1.88. The molecule has 0 aliphatic carbocycles. The molecule has 0 spiro atoms. The van der Waals surface area contributed by atoms with Gasteiger partial charge in [-0.05, 0) is 14.0 Å². The topological polar surface area (TPSA) is 62.2 Å². The number of amides is 1. The van der Waals surface area contributed by atoms with Crippen LogP contribution in [0.3, 0.4) is 0 Å². The van der Waals surface area contributed by atoms with E-state index in [-0.39, 0.29) is 12.0 Å². The first kappa shape index (κ1) is 15.7. The molecule has 2 heterocycles. The summed E-state index contributed by atoms with van der Waals surface area (Å²) < 4.78 is 10.7. The van der Waals surface area contributed by atoms with E-state index in [2.05, 4.69) is 0 Å². The van der Waals surface area contributed by atoms with Gasteiger partial charge in [-0.25, -0.2) is 0 Å². The van der Waals surface area contributed by atoms with Crippen LogP contribution < -0.4 is 0 Å². The number of likely N-dealkylation sites (N-methyl/N-ethyl adjacent to an activating group) is 1. The molecule has 20 heavy (non-hydrogen) atoms. The molecule has 1 amide bonds. The zero-order valence-electron chi connectivity index (χ0n) is 12.5. The molecule has 2 rings (SSSR count). The van der Waals surface area contributed by atoms with Crippen LogP contribution in [0.15, 0.2) is 0 Å². The lowest BCUT2D eigenvalue weighted by atomic mass is 9.94. The highest BCUT2D eigenvalue weighted by Gasteiger charge is 2.32. The molecule has 116 valence electrons. The van der Waals surface area contributed by atoms with E-state index in [0.717, 1.165) is 0 Å². The van der Waals surface area contributed by atoms with Gasteiger partial charge in [-0.2, -0.15) is 0 Å². The van der Waals surface area contributed by atoms with Gasteiger partial charge in [-0.1, -0.05) is 0 Å². The molecule has 1 N–H and O–H groups in total. The SMILES string of the molecule is CC1CN(C(=O)CN(C)CC2(O)CCOCC2)CCO1. The zero-order chi connectivity index (χ0) is 14.6. The van der Waals surface area contributed by atoms with E-state index in [9.17, 15) is 9.90 Å². The number of hydrogen-bond donors (Lipinski definition) is 1. The van der Waals surface area contributed by atoms with Gasteiger partial charge in [0.05, 0.1) is 24.9 Å². The smallest absolute Gasteiger partial charge is 0.236 e. The fourth-order valence-electron chi connectivity index (χ4n) is 2.84. The average molecular weight is 286 g/mol. The van der Waals surface area contributed by atoms with E-state index in [0.29, 0.717) is 58.8 Å². The Morgan fingerprint density at radius 2 is 2.10 bits per heavy atom. The van der Waals surface area contributed by atoms with Crippen molar-refractivity contribution in [3.63, 3.8) is 0 Å². The third kappa shape index (κ3) is 4.41. The van der Waals surface area contributed by atoms with E-state index < -0.39 is 5.60 Å². The lowest BCUT2D eigenvalue weighted by Crippen LogP contribution is -2.51. The van der Waals surface area contributed by atoms with Crippen molar-refractivity contribution in [1.82, 2.24) is 9.80 Å². The summed E-state index contributed by atoms with van der Waals surface area (Å²) in [5.74, 6) is 0.110. The molecule has 0 bridgehead atoms. The molecule has 6 nitrogen and oxygen atoms in total. The number of nitrogens with zero attached hydrogens (tertiary/aromatic N) is 2. The van der Waals surface area contributed by atoms with Crippen molar-refractivity contribution in [3.8, 4) is 0 Å². The predicted octanol–water partition coefficient (Wildman–Crippen LogP) is -0.293. The van der Waals surface area contributed by atoms with Crippen LogP contribution in [0.2, 0.25) is 0 Å². The Hall–Kier alpha value is -0.690. The third-order valence-electron chi connectivity index (χ3n) is 3.99. The highest BCUT2D eigenvalue weighted by atomic mass is 16.5. The van der Waals surface area contributed by atoms with Gasteiger partial charge in [0.25, 0.3) is 0 Å². The number of carbonyl (C=O) groups is 1. The molecule has 0 radical (unpaired) electrons. The summed E-state index contributed by atoms with van der Waals surface area (Å²) in [6, 6.07) is 0. The van der Waals surface area contributed by atoms with Gasteiger partial charge in [-0.3, -0.25) is 9.69 Å². The first-order chi connectivity index (χ1) is 9.48. The van der Waals surface area contributed by atoms with Gasteiger partial charge >= 0.3 is 0 Å². The van der Waals surface area contributed by atoms with Gasteiger partial charge in [0.1, 0.15) is 0 Å². The van der Waals surface area contributed by atoms with Crippen molar-refractivity contribution in [3.05, 3.63) is 0 Å². The molecule has 2 saturated heterocycles. The van der Waals surface area contributed by atoms with Crippen molar-refractivity contribution in [2.24, 2.45) is 0 Å². The molecule has 1 unspecified atom stereocenters. The van der Waals surface area contributed by atoms with Crippen LogP contribution in [0.4, 0.5) is 0 Å². The van der Waals surface area contributed by atoms with Crippen molar-refractivity contribution in [1.29, 1.82) is 0 Å². The van der Waals surface area contributed by atoms with E-state index >= 15 is 0 Å². The molecule has 0 aromatic heterocycles. The van der Waals surface area contributed by atoms with Crippen molar-refractivity contribution in [2.45, 2.75) is 31.5 Å². The first-order valence-corrected chi connectivity index (χ1v) is 7.37. The minimum Gasteiger partial charge on any atom is -0.388 e. The summed E-state index contributed by atoms with van der Waals surface area (Å²) in [6.45, 7) is 5.96. The van der Waals surface area contributed by atoms with Crippen LogP contribution in [-0.4, -0.2) is 85.6 Å². The Kier molecular flexibility index (Phi) is 5.37. The second-order valence-electron chi connectivity index (χ2n) is 6.03. The van der Waals surface area contributed by atoms with E-state index in [4.69, 9.17) is 9.47 Å². The molecule has 2 aliphatic heterocycles. The lowest BCUT2D eigenvalue weighted by Gasteiger charge is -2.36. The quantitative estimate of drug-likeness (QED) is 0.769. The minimum absolute atomic E-state index is 0.109. The molecule has 0 aromatic rings. The van der Waals surface area contributed by atoms with Crippen molar-refractivity contribution in [2.75, 3.05) is 53.0 Å². The number of aliphatic hydroxyl groups is 1. The summed E-state index contributed by atoms with van der Waals surface area (Å²) >= 11 is 0. The van der Waals surface area contributed by atoms with Crippen LogP contribution >= 0.6 is 0 Å². The molecule has 0 saturated carbocycles. The van der Waals surface area contributed by atoms with Crippen LogP contribution in [-0.2, 0) is 14.3 Å². The molecular weight excluding hydrogens is 260 g/mol. The highest BCUT2D eigenvalue weighted by molar-refractivity contribution is 5.78. The molecule has 0 aromatic carbocycles. The molecular formula is C14H26N2O4. The average Bonchev–Trinajstić information content (AvgIpc) is 2.38. The van der Waals surface area contributed by atoms with Crippen molar-refractivity contribution < 1.29 is 19.4 Å². The molecule has 1 atom stereocenters. The minimum atomic E-state index is -0.717. The normalized spacial score (nSPS) is 26.8. The second-order valence-corrected chi connectivity index (χ2v) is 6.03. The van der Waals surface area contributed by atoms with Crippen molar-refractivity contribution >= 4 is 5.91 Å². The largest absolute Gasteiger partial charge is 0.388 e. The highest BCUT2D eigenvalue weighted by Crippen LogP contribution is 2.21. The van der Waals surface area contributed by atoms with Gasteiger partial charge in [0.2, 0.25) is 5.91 Å². The van der Waals surface area contributed by atoms with Crippen LogP contribution in [0.25, 0.3) is 0 Å².